The van der Waals surface area contributed by atoms with Crippen LogP contribution >= 0.6 is 0 Å². The Balaban J connectivity index is 1.56. The largest absolute Gasteiger partial charge is 0.352 e. The van der Waals surface area contributed by atoms with Crippen molar-refractivity contribution in [1.29, 1.82) is 0 Å². The lowest BCUT2D eigenvalue weighted by Gasteiger charge is -2.33. The van der Waals surface area contributed by atoms with Gasteiger partial charge in [0, 0.05) is 19.6 Å². The summed E-state index contributed by atoms with van der Waals surface area (Å²) in [5.74, 6) is 0.562. The van der Waals surface area contributed by atoms with Crippen molar-refractivity contribution >= 4 is 6.03 Å². The van der Waals surface area contributed by atoms with E-state index in [0.717, 1.165) is 31.9 Å². The fourth-order valence-electron chi connectivity index (χ4n) is 3.72. The molecule has 1 fully saturated rings. The van der Waals surface area contributed by atoms with Gasteiger partial charge in [0.1, 0.15) is 5.69 Å². The number of piperidine rings is 1. The number of rotatable bonds is 6. The molecule has 1 aliphatic heterocycles. The fourth-order valence-corrected chi connectivity index (χ4v) is 3.72. The van der Waals surface area contributed by atoms with E-state index in [4.69, 9.17) is 5.73 Å². The molecule has 1 atom stereocenters. The van der Waals surface area contributed by atoms with Crippen LogP contribution in [-0.2, 0) is 19.6 Å². The Hall–Kier alpha value is -2.41. The van der Waals surface area contributed by atoms with Crippen LogP contribution in [0.5, 0.6) is 0 Å². The molecule has 2 heterocycles. The third-order valence-electron chi connectivity index (χ3n) is 5.10. The van der Waals surface area contributed by atoms with Crippen LogP contribution in [0.15, 0.2) is 24.4 Å². The molecule has 0 spiro atoms. The third-order valence-corrected chi connectivity index (χ3v) is 5.10. The zero-order valence-electron chi connectivity index (χ0n) is 15.6. The summed E-state index contributed by atoms with van der Waals surface area (Å²) < 4.78 is 1.88. The molecule has 7 heteroatoms. The number of amides is 2. The van der Waals surface area contributed by atoms with Gasteiger partial charge in [0.05, 0.1) is 12.7 Å². The Kier molecular flexibility index (Phi) is 5.88. The monoisotopic (exact) mass is 356 g/mol. The number of nitrogens with one attached hydrogen (secondary N) is 1. The van der Waals surface area contributed by atoms with Crippen LogP contribution in [0.1, 0.15) is 35.2 Å². The topological polar surface area (TPSA) is 89.1 Å². The Morgan fingerprint density at radius 3 is 2.85 bits per heavy atom. The van der Waals surface area contributed by atoms with Crippen LogP contribution in [-0.4, -0.2) is 39.0 Å². The second kappa shape index (κ2) is 8.31. The molecule has 0 saturated carbocycles. The normalized spacial score (nSPS) is 18.0. The van der Waals surface area contributed by atoms with E-state index in [1.54, 1.807) is 0 Å². The van der Waals surface area contributed by atoms with Crippen LogP contribution in [0.3, 0.4) is 0 Å². The van der Waals surface area contributed by atoms with Gasteiger partial charge in [-0.1, -0.05) is 23.4 Å². The number of nitrogens with two attached hydrogens (primary N) is 1. The molecule has 2 amide bonds. The smallest absolute Gasteiger partial charge is 0.312 e. The van der Waals surface area contributed by atoms with Crippen molar-refractivity contribution < 1.29 is 4.79 Å². The number of benzene rings is 1. The molecule has 1 aromatic carbocycles. The molecule has 3 N–H and O–H groups in total. The first-order valence-corrected chi connectivity index (χ1v) is 9.21. The van der Waals surface area contributed by atoms with Gasteiger partial charge in [-0.15, -0.1) is 5.10 Å². The lowest BCUT2D eigenvalue weighted by Crippen LogP contribution is -2.37. The van der Waals surface area contributed by atoms with Gasteiger partial charge in [-0.05, 0) is 55.8 Å². The van der Waals surface area contributed by atoms with Gasteiger partial charge in [0.2, 0.25) is 0 Å². The second-order valence-electron chi connectivity index (χ2n) is 7.26. The highest BCUT2D eigenvalue weighted by Gasteiger charge is 2.21. The molecule has 1 saturated heterocycles. The summed E-state index contributed by atoms with van der Waals surface area (Å²) in [6, 6.07) is 5.97. The maximum atomic E-state index is 10.8. The van der Waals surface area contributed by atoms with Gasteiger partial charge >= 0.3 is 6.03 Å². The van der Waals surface area contributed by atoms with E-state index < -0.39 is 6.03 Å². The molecule has 3 rings (SSSR count). The molecule has 1 aromatic heterocycles. The van der Waals surface area contributed by atoms with Crippen LogP contribution in [0.2, 0.25) is 0 Å². The number of urea groups is 1. The third kappa shape index (κ3) is 4.82. The minimum absolute atomic E-state index is 0.318. The summed E-state index contributed by atoms with van der Waals surface area (Å²) in [6.45, 7) is 8.80. The van der Waals surface area contributed by atoms with Crippen molar-refractivity contribution in [2.75, 3.05) is 13.1 Å². The summed E-state index contributed by atoms with van der Waals surface area (Å²) in [4.78, 5) is 13.3. The molecular weight excluding hydrogens is 328 g/mol. The lowest BCUT2D eigenvalue weighted by atomic mass is 9.96. The highest BCUT2D eigenvalue weighted by molar-refractivity contribution is 5.71. The molecule has 140 valence electrons. The number of carbonyl (C=O) groups excluding carboxylic acids is 1. The average molecular weight is 356 g/mol. The van der Waals surface area contributed by atoms with E-state index >= 15 is 0 Å². The number of likely N-dealkylation sites (tertiary alicyclic amines) is 1. The molecule has 0 radical (unpaired) electrons. The Bertz CT molecular complexity index is 736. The fraction of sp³-hybridized carbons (Fsp3) is 0.526. The lowest BCUT2D eigenvalue weighted by molar-refractivity contribution is 0.152. The number of nitrogens with zero attached hydrogens (tertiary/aromatic N) is 4. The first-order chi connectivity index (χ1) is 12.5. The summed E-state index contributed by atoms with van der Waals surface area (Å²) in [7, 11) is 0. The Morgan fingerprint density at radius 1 is 1.35 bits per heavy atom. The van der Waals surface area contributed by atoms with E-state index in [0.29, 0.717) is 12.5 Å². The molecular formula is C19H28N6O. The van der Waals surface area contributed by atoms with E-state index in [1.165, 1.54) is 29.5 Å². The average Bonchev–Trinajstić information content (AvgIpc) is 3.04. The van der Waals surface area contributed by atoms with Crippen LogP contribution in [0.4, 0.5) is 4.79 Å². The maximum Gasteiger partial charge on any atom is 0.312 e. The predicted octanol–water partition coefficient (Wildman–Crippen LogP) is 1.98. The summed E-state index contributed by atoms with van der Waals surface area (Å²) >= 11 is 0. The number of aromatic nitrogens is 3. The Morgan fingerprint density at radius 2 is 2.12 bits per heavy atom. The van der Waals surface area contributed by atoms with Crippen molar-refractivity contribution in [3.8, 4) is 0 Å². The van der Waals surface area contributed by atoms with Gasteiger partial charge in [0.15, 0.2) is 0 Å². The molecule has 0 bridgehead atoms. The first-order valence-electron chi connectivity index (χ1n) is 9.21. The second-order valence-corrected chi connectivity index (χ2v) is 7.26. The summed E-state index contributed by atoms with van der Waals surface area (Å²) in [5.41, 5.74) is 10.0. The minimum atomic E-state index is -0.547. The molecule has 2 aromatic rings. The SMILES string of the molecule is Cc1cccc(C)c1CN1CCC[C@@H](Cn2cc(CNC(N)=O)nn2)C1. The first kappa shape index (κ1) is 18.4. The number of aryl methyl sites for hydroxylation is 2. The molecule has 0 aliphatic carbocycles. The predicted molar refractivity (Wildman–Crippen MR) is 100 cm³/mol. The quantitative estimate of drug-likeness (QED) is 0.828. The van der Waals surface area contributed by atoms with Gasteiger partial charge in [-0.2, -0.15) is 0 Å². The highest BCUT2D eigenvalue weighted by atomic mass is 16.2. The van der Waals surface area contributed by atoms with Crippen molar-refractivity contribution in [2.24, 2.45) is 11.7 Å². The molecule has 1 aliphatic rings. The van der Waals surface area contributed by atoms with Gasteiger partial charge in [-0.3, -0.25) is 9.58 Å². The highest BCUT2D eigenvalue weighted by Crippen LogP contribution is 2.22. The molecule has 0 unspecified atom stereocenters. The number of primary amides is 1. The van der Waals surface area contributed by atoms with Crippen LogP contribution < -0.4 is 11.1 Å². The number of carbonyl (C=O) groups is 1. The Labute approximate surface area is 154 Å². The standard InChI is InChI=1S/C19H28N6O/c1-14-5-3-6-15(2)18(14)13-24-8-4-7-16(10-24)11-25-12-17(22-23-25)9-21-19(20)26/h3,5-6,12,16H,4,7-11,13H2,1-2H3,(H3,20,21,26)/t16-/m1/s1. The number of hydrogen-bond acceptors (Lipinski definition) is 4. The number of hydrogen-bond donors (Lipinski definition) is 2. The van der Waals surface area contributed by atoms with Crippen molar-refractivity contribution in [1.82, 2.24) is 25.2 Å². The van der Waals surface area contributed by atoms with Crippen LogP contribution in [0, 0.1) is 19.8 Å². The van der Waals surface area contributed by atoms with E-state index in [9.17, 15) is 4.79 Å². The molecule has 26 heavy (non-hydrogen) atoms. The minimum Gasteiger partial charge on any atom is -0.352 e. The summed E-state index contributed by atoms with van der Waals surface area (Å²) in [5, 5.41) is 10.8. The zero-order chi connectivity index (χ0) is 18.5. The van der Waals surface area contributed by atoms with Gasteiger partial charge in [0.25, 0.3) is 0 Å². The van der Waals surface area contributed by atoms with Crippen molar-refractivity contribution in [2.45, 2.75) is 46.3 Å². The maximum absolute atomic E-state index is 10.8. The van der Waals surface area contributed by atoms with Crippen LogP contribution in [0.25, 0.3) is 0 Å². The van der Waals surface area contributed by atoms with E-state index in [-0.39, 0.29) is 0 Å². The van der Waals surface area contributed by atoms with Gasteiger partial charge in [-0.25, -0.2) is 4.79 Å². The van der Waals surface area contributed by atoms with E-state index in [2.05, 4.69) is 52.6 Å². The summed E-state index contributed by atoms with van der Waals surface area (Å²) in [6.07, 6.45) is 4.30. The van der Waals surface area contributed by atoms with Gasteiger partial charge < -0.3 is 11.1 Å². The van der Waals surface area contributed by atoms with E-state index in [1.807, 2.05) is 10.9 Å². The molecule has 7 nitrogen and oxygen atoms in total. The zero-order valence-corrected chi connectivity index (χ0v) is 15.6. The van der Waals surface area contributed by atoms with Crippen molar-refractivity contribution in [3.05, 3.63) is 46.8 Å². The van der Waals surface area contributed by atoms with Crippen molar-refractivity contribution in [3.63, 3.8) is 0 Å².